The molecule has 0 saturated heterocycles. The van der Waals surface area contributed by atoms with Crippen LogP contribution in [0.25, 0.3) is 0 Å². The van der Waals surface area contributed by atoms with Gasteiger partial charge in [-0.05, 0) is 35.9 Å². The maximum atomic E-state index is 12.4. The van der Waals surface area contributed by atoms with Crippen molar-refractivity contribution in [2.24, 2.45) is 0 Å². The van der Waals surface area contributed by atoms with Crippen molar-refractivity contribution in [3.8, 4) is 5.75 Å². The fourth-order valence-corrected chi connectivity index (χ4v) is 2.43. The van der Waals surface area contributed by atoms with Crippen molar-refractivity contribution >= 4 is 21.8 Å². The van der Waals surface area contributed by atoms with E-state index in [4.69, 9.17) is 4.74 Å². The van der Waals surface area contributed by atoms with Crippen molar-refractivity contribution in [3.63, 3.8) is 0 Å². The molecule has 0 aliphatic carbocycles. The van der Waals surface area contributed by atoms with Crippen LogP contribution in [-0.2, 0) is 6.54 Å². The van der Waals surface area contributed by atoms with E-state index in [2.05, 4.69) is 22.5 Å². The number of carbonyl (C=O) groups is 1. The fraction of sp³-hybridized carbons (Fsp3) is 0.167. The van der Waals surface area contributed by atoms with Gasteiger partial charge in [-0.25, -0.2) is 0 Å². The number of carbonyl (C=O) groups excluding carboxylic acids is 1. The Morgan fingerprint density at radius 1 is 1.23 bits per heavy atom. The van der Waals surface area contributed by atoms with Crippen molar-refractivity contribution in [2.75, 3.05) is 13.7 Å². The van der Waals surface area contributed by atoms with Crippen molar-refractivity contribution in [2.45, 2.75) is 6.54 Å². The summed E-state index contributed by atoms with van der Waals surface area (Å²) in [5, 5.41) is 0. The molecule has 0 heterocycles. The molecule has 1 amide bonds. The summed E-state index contributed by atoms with van der Waals surface area (Å²) in [5.74, 6) is 0.705. The van der Waals surface area contributed by atoms with E-state index >= 15 is 0 Å². The molecule has 0 saturated carbocycles. The summed E-state index contributed by atoms with van der Waals surface area (Å²) in [6, 6.07) is 15.0. The van der Waals surface area contributed by atoms with E-state index in [1.165, 1.54) is 0 Å². The third-order valence-corrected chi connectivity index (χ3v) is 3.95. The van der Waals surface area contributed by atoms with Gasteiger partial charge in [0.1, 0.15) is 12.4 Å². The predicted octanol–water partition coefficient (Wildman–Crippen LogP) is 4.29. The molecule has 0 bridgehead atoms. The van der Waals surface area contributed by atoms with E-state index in [-0.39, 0.29) is 5.91 Å². The Morgan fingerprint density at radius 2 is 1.91 bits per heavy atom. The highest BCUT2D eigenvalue weighted by Gasteiger charge is 2.13. The minimum atomic E-state index is -0.0222. The quantitative estimate of drug-likeness (QED) is 0.720. The molecule has 2 rings (SSSR count). The zero-order valence-corrected chi connectivity index (χ0v) is 14.0. The zero-order chi connectivity index (χ0) is 15.9. The zero-order valence-electron chi connectivity index (χ0n) is 12.5. The molecule has 114 valence electrons. The monoisotopic (exact) mass is 359 g/mol. The van der Waals surface area contributed by atoms with Crippen molar-refractivity contribution < 1.29 is 9.53 Å². The van der Waals surface area contributed by atoms with Crippen LogP contribution in [0.2, 0.25) is 0 Å². The number of benzene rings is 2. The van der Waals surface area contributed by atoms with Crippen LogP contribution in [0.5, 0.6) is 5.75 Å². The SMILES string of the molecule is C=CCOc1ccc(C(=O)N(C)Cc2ccccc2Br)cc1. The lowest BCUT2D eigenvalue weighted by atomic mass is 10.1. The minimum absolute atomic E-state index is 0.0222. The maximum Gasteiger partial charge on any atom is 0.253 e. The van der Waals surface area contributed by atoms with E-state index in [9.17, 15) is 4.79 Å². The summed E-state index contributed by atoms with van der Waals surface area (Å²) >= 11 is 3.50. The van der Waals surface area contributed by atoms with Crippen LogP contribution in [0.3, 0.4) is 0 Å². The van der Waals surface area contributed by atoms with Crippen LogP contribution in [0.4, 0.5) is 0 Å². The molecular weight excluding hydrogens is 342 g/mol. The Labute approximate surface area is 139 Å². The molecule has 0 fully saturated rings. The molecule has 2 aromatic rings. The smallest absolute Gasteiger partial charge is 0.253 e. The molecule has 0 unspecified atom stereocenters. The molecule has 0 spiro atoms. The summed E-state index contributed by atoms with van der Waals surface area (Å²) in [6.45, 7) is 4.61. The van der Waals surface area contributed by atoms with E-state index < -0.39 is 0 Å². The maximum absolute atomic E-state index is 12.4. The Balaban J connectivity index is 2.04. The van der Waals surface area contributed by atoms with Crippen LogP contribution < -0.4 is 4.74 Å². The van der Waals surface area contributed by atoms with Gasteiger partial charge >= 0.3 is 0 Å². The Morgan fingerprint density at radius 3 is 2.55 bits per heavy atom. The lowest BCUT2D eigenvalue weighted by molar-refractivity contribution is 0.0785. The summed E-state index contributed by atoms with van der Waals surface area (Å²) < 4.78 is 6.42. The standard InChI is InChI=1S/C18H18BrNO2/c1-3-12-22-16-10-8-14(9-11-16)18(21)20(2)13-15-6-4-5-7-17(15)19/h3-11H,1,12-13H2,2H3. The molecule has 0 aromatic heterocycles. The molecule has 22 heavy (non-hydrogen) atoms. The Kier molecular flexibility index (Phi) is 5.78. The average molecular weight is 360 g/mol. The number of halogens is 1. The van der Waals surface area contributed by atoms with Crippen LogP contribution in [0.15, 0.2) is 65.7 Å². The molecular formula is C18H18BrNO2. The van der Waals surface area contributed by atoms with Crippen molar-refractivity contribution in [1.82, 2.24) is 4.90 Å². The van der Waals surface area contributed by atoms with Gasteiger partial charge in [0.2, 0.25) is 0 Å². The van der Waals surface area contributed by atoms with E-state index in [1.807, 2.05) is 24.3 Å². The second-order valence-electron chi connectivity index (χ2n) is 4.88. The fourth-order valence-electron chi connectivity index (χ4n) is 2.02. The summed E-state index contributed by atoms with van der Waals surface area (Å²) in [6.07, 6.45) is 1.69. The predicted molar refractivity (Wildman–Crippen MR) is 92.1 cm³/mol. The minimum Gasteiger partial charge on any atom is -0.490 e. The molecule has 0 N–H and O–H groups in total. The van der Waals surface area contributed by atoms with Gasteiger partial charge in [-0.2, -0.15) is 0 Å². The largest absolute Gasteiger partial charge is 0.490 e. The van der Waals surface area contributed by atoms with Gasteiger partial charge < -0.3 is 9.64 Å². The number of hydrogen-bond acceptors (Lipinski definition) is 2. The van der Waals surface area contributed by atoms with Gasteiger partial charge in [-0.1, -0.05) is 46.8 Å². The molecule has 0 aliphatic heterocycles. The first kappa shape index (κ1) is 16.3. The number of rotatable bonds is 6. The van der Waals surface area contributed by atoms with Crippen molar-refractivity contribution in [1.29, 1.82) is 0 Å². The van der Waals surface area contributed by atoms with E-state index in [0.717, 1.165) is 15.8 Å². The second-order valence-corrected chi connectivity index (χ2v) is 5.73. The number of ether oxygens (including phenoxy) is 1. The Bertz CT molecular complexity index is 652. The molecule has 0 atom stereocenters. The second kappa shape index (κ2) is 7.80. The van der Waals surface area contributed by atoms with Crippen LogP contribution in [0.1, 0.15) is 15.9 Å². The topological polar surface area (TPSA) is 29.5 Å². The first-order chi connectivity index (χ1) is 10.6. The van der Waals surface area contributed by atoms with Gasteiger partial charge in [-0.15, -0.1) is 0 Å². The van der Waals surface area contributed by atoms with Gasteiger partial charge in [0.15, 0.2) is 0 Å². The lowest BCUT2D eigenvalue weighted by Crippen LogP contribution is -2.26. The highest BCUT2D eigenvalue weighted by molar-refractivity contribution is 9.10. The van der Waals surface area contributed by atoms with Gasteiger partial charge in [0.25, 0.3) is 5.91 Å². The molecule has 0 radical (unpaired) electrons. The molecule has 0 aliphatic rings. The average Bonchev–Trinajstić information content (AvgIpc) is 2.55. The van der Waals surface area contributed by atoms with Crippen LogP contribution in [0, 0.1) is 0 Å². The number of nitrogens with zero attached hydrogens (tertiary/aromatic N) is 1. The first-order valence-electron chi connectivity index (χ1n) is 6.94. The highest BCUT2D eigenvalue weighted by atomic mass is 79.9. The van der Waals surface area contributed by atoms with Gasteiger partial charge in [0.05, 0.1) is 0 Å². The number of hydrogen-bond donors (Lipinski definition) is 0. The van der Waals surface area contributed by atoms with Gasteiger partial charge in [-0.3, -0.25) is 4.79 Å². The lowest BCUT2D eigenvalue weighted by Gasteiger charge is -2.18. The van der Waals surface area contributed by atoms with Crippen LogP contribution in [-0.4, -0.2) is 24.5 Å². The molecule has 4 heteroatoms. The first-order valence-corrected chi connectivity index (χ1v) is 7.73. The summed E-state index contributed by atoms with van der Waals surface area (Å²) in [4.78, 5) is 14.1. The summed E-state index contributed by atoms with van der Waals surface area (Å²) in [7, 11) is 1.80. The van der Waals surface area contributed by atoms with Gasteiger partial charge in [0, 0.05) is 23.6 Å². The number of amides is 1. The Hall–Kier alpha value is -2.07. The van der Waals surface area contributed by atoms with Crippen molar-refractivity contribution in [3.05, 3.63) is 76.8 Å². The molecule has 2 aromatic carbocycles. The summed E-state index contributed by atoms with van der Waals surface area (Å²) in [5.41, 5.74) is 1.71. The highest BCUT2D eigenvalue weighted by Crippen LogP contribution is 2.19. The molecule has 3 nitrogen and oxygen atoms in total. The van der Waals surface area contributed by atoms with E-state index in [0.29, 0.717) is 18.7 Å². The third kappa shape index (κ3) is 4.21. The third-order valence-electron chi connectivity index (χ3n) is 3.18. The van der Waals surface area contributed by atoms with Crippen LogP contribution >= 0.6 is 15.9 Å². The normalized spacial score (nSPS) is 10.1. The van der Waals surface area contributed by atoms with E-state index in [1.54, 1.807) is 42.3 Å².